The predicted molar refractivity (Wildman–Crippen MR) is 151 cm³/mol. The fourth-order valence-electron chi connectivity index (χ4n) is 7.36. The van der Waals surface area contributed by atoms with Crippen molar-refractivity contribution in [1.29, 1.82) is 0 Å². The minimum Gasteiger partial charge on any atom is -0.355 e. The molecular formula is C30H39N5S. The Kier molecular flexibility index (Phi) is 6.29. The van der Waals surface area contributed by atoms with Gasteiger partial charge in [-0.05, 0) is 87.3 Å². The first-order valence-corrected chi connectivity index (χ1v) is 14.1. The summed E-state index contributed by atoms with van der Waals surface area (Å²) in [6.07, 6.45) is 7.46. The number of likely N-dealkylation sites (tertiary alicyclic amines) is 1. The van der Waals surface area contributed by atoms with Crippen molar-refractivity contribution in [2.45, 2.75) is 69.0 Å². The largest absolute Gasteiger partial charge is 0.355 e. The number of aryl methyl sites for hydroxylation is 1. The molecule has 2 atom stereocenters. The Bertz CT molecular complexity index is 1210. The van der Waals surface area contributed by atoms with E-state index in [-0.39, 0.29) is 5.41 Å². The SMILES string of the molecule is Cc1nc2ccccc2n1C1CC2CC(C1)N2CCC1(c2ccccc2)CCN(C(=S)N(C)C)CC1. The normalized spacial score (nSPS) is 25.5. The number of hydrogen-bond donors (Lipinski definition) is 0. The molecule has 36 heavy (non-hydrogen) atoms. The molecule has 0 radical (unpaired) electrons. The van der Waals surface area contributed by atoms with E-state index >= 15 is 0 Å². The monoisotopic (exact) mass is 501 g/mol. The number of hydrogen-bond acceptors (Lipinski definition) is 3. The van der Waals surface area contributed by atoms with E-state index < -0.39 is 0 Å². The van der Waals surface area contributed by atoms with Crippen LogP contribution in [0.1, 0.15) is 56.0 Å². The van der Waals surface area contributed by atoms with Crippen LogP contribution in [0.15, 0.2) is 54.6 Å². The van der Waals surface area contributed by atoms with E-state index in [2.05, 4.69) is 94.9 Å². The maximum atomic E-state index is 5.70. The lowest BCUT2D eigenvalue weighted by molar-refractivity contribution is -0.0532. The van der Waals surface area contributed by atoms with E-state index in [1.165, 1.54) is 62.0 Å². The van der Waals surface area contributed by atoms with Gasteiger partial charge in [-0.2, -0.15) is 0 Å². The van der Waals surface area contributed by atoms with Crippen molar-refractivity contribution in [1.82, 2.24) is 24.3 Å². The first kappa shape index (κ1) is 23.9. The van der Waals surface area contributed by atoms with Gasteiger partial charge in [-0.3, -0.25) is 4.90 Å². The second-order valence-corrected chi connectivity index (χ2v) is 11.8. The number of para-hydroxylation sites is 2. The van der Waals surface area contributed by atoms with Crippen LogP contribution in [0.5, 0.6) is 0 Å². The van der Waals surface area contributed by atoms with Gasteiger partial charge in [0.2, 0.25) is 0 Å². The number of nitrogens with zero attached hydrogens (tertiary/aromatic N) is 5. The van der Waals surface area contributed by atoms with Crippen LogP contribution in [-0.4, -0.2) is 75.2 Å². The quantitative estimate of drug-likeness (QED) is 0.437. The lowest BCUT2D eigenvalue weighted by atomic mass is 9.69. The smallest absolute Gasteiger partial charge is 0.171 e. The highest BCUT2D eigenvalue weighted by molar-refractivity contribution is 7.80. The van der Waals surface area contributed by atoms with Crippen LogP contribution < -0.4 is 0 Å². The highest BCUT2D eigenvalue weighted by atomic mass is 32.1. The van der Waals surface area contributed by atoms with Crippen molar-refractivity contribution >= 4 is 28.4 Å². The van der Waals surface area contributed by atoms with Gasteiger partial charge >= 0.3 is 0 Å². The third-order valence-corrected chi connectivity index (χ3v) is 9.94. The molecule has 1 aromatic heterocycles. The Balaban J connectivity index is 1.15. The molecule has 3 aliphatic heterocycles. The lowest BCUT2D eigenvalue weighted by Gasteiger charge is -2.57. The molecule has 0 N–H and O–H groups in total. The van der Waals surface area contributed by atoms with Crippen molar-refractivity contribution < 1.29 is 0 Å². The summed E-state index contributed by atoms with van der Waals surface area (Å²) in [5, 5.41) is 0.974. The van der Waals surface area contributed by atoms with Gasteiger partial charge in [0.1, 0.15) is 5.82 Å². The topological polar surface area (TPSA) is 27.5 Å². The molecule has 1 aliphatic carbocycles. The highest BCUT2D eigenvalue weighted by Crippen LogP contribution is 2.46. The average Bonchev–Trinajstić information content (AvgIpc) is 3.25. The highest BCUT2D eigenvalue weighted by Gasteiger charge is 2.47. The number of piperidine rings is 2. The summed E-state index contributed by atoms with van der Waals surface area (Å²) < 4.78 is 2.53. The maximum absolute atomic E-state index is 5.70. The fourth-order valence-corrected chi connectivity index (χ4v) is 7.54. The van der Waals surface area contributed by atoms with Crippen LogP contribution in [0, 0.1) is 6.92 Å². The molecule has 3 saturated heterocycles. The number of rotatable bonds is 5. The summed E-state index contributed by atoms with van der Waals surface area (Å²) in [5.74, 6) is 1.17. The van der Waals surface area contributed by atoms with Crippen LogP contribution in [0.3, 0.4) is 0 Å². The molecule has 4 aliphatic rings. The zero-order valence-electron chi connectivity index (χ0n) is 21.9. The standard InChI is InChI=1S/C30H39N5S/c1-22-31-27-11-7-8-12-28(27)35(22)26-20-24-19-25(21-26)34(24)18-15-30(23-9-5-4-6-10-23)13-16-33(17-14-30)29(36)32(2)3/h4-12,24-26H,13-21H2,1-3H3. The van der Waals surface area contributed by atoms with E-state index in [9.17, 15) is 0 Å². The number of fused-ring (bicyclic) bond motifs is 3. The zero-order chi connectivity index (χ0) is 24.9. The van der Waals surface area contributed by atoms with Crippen molar-refractivity contribution in [2.24, 2.45) is 0 Å². The van der Waals surface area contributed by atoms with E-state index in [1.54, 1.807) is 0 Å². The van der Waals surface area contributed by atoms with Gasteiger partial charge in [-0.25, -0.2) is 4.98 Å². The van der Waals surface area contributed by atoms with Crippen molar-refractivity contribution in [3.63, 3.8) is 0 Å². The Morgan fingerprint density at radius 2 is 1.58 bits per heavy atom. The molecule has 2 aromatic carbocycles. The summed E-state index contributed by atoms with van der Waals surface area (Å²) in [4.78, 5) is 12.2. The third kappa shape index (κ3) is 4.12. The number of aromatic nitrogens is 2. The summed E-state index contributed by atoms with van der Waals surface area (Å²) in [6.45, 7) is 5.48. The Morgan fingerprint density at radius 1 is 0.944 bits per heavy atom. The molecule has 190 valence electrons. The molecule has 4 fully saturated rings. The second kappa shape index (κ2) is 9.46. The van der Waals surface area contributed by atoms with Gasteiger partial charge < -0.3 is 14.4 Å². The van der Waals surface area contributed by atoms with Crippen LogP contribution >= 0.6 is 12.2 Å². The minimum absolute atomic E-state index is 0.250. The first-order valence-electron chi connectivity index (χ1n) is 13.7. The molecule has 0 spiro atoms. The summed E-state index contributed by atoms with van der Waals surface area (Å²) in [7, 11) is 4.12. The van der Waals surface area contributed by atoms with Crippen molar-refractivity contribution in [2.75, 3.05) is 33.7 Å². The van der Waals surface area contributed by atoms with Crippen LogP contribution in [0.2, 0.25) is 0 Å². The van der Waals surface area contributed by atoms with Crippen LogP contribution in [-0.2, 0) is 5.41 Å². The molecule has 6 heteroatoms. The Labute approximate surface area is 221 Å². The van der Waals surface area contributed by atoms with E-state index in [0.29, 0.717) is 18.1 Å². The zero-order valence-corrected chi connectivity index (χ0v) is 22.8. The molecule has 4 heterocycles. The fraction of sp³-hybridized carbons (Fsp3) is 0.533. The first-order chi connectivity index (χ1) is 17.4. The summed E-state index contributed by atoms with van der Waals surface area (Å²) in [6, 6.07) is 21.9. The molecule has 0 amide bonds. The van der Waals surface area contributed by atoms with Gasteiger partial charge in [0, 0.05) is 45.3 Å². The summed E-state index contributed by atoms with van der Waals surface area (Å²) >= 11 is 5.70. The number of benzene rings is 2. The van der Waals surface area contributed by atoms with Gasteiger partial charge in [0.25, 0.3) is 0 Å². The van der Waals surface area contributed by atoms with E-state index in [4.69, 9.17) is 17.2 Å². The second-order valence-electron chi connectivity index (χ2n) is 11.5. The lowest BCUT2D eigenvalue weighted by Crippen LogP contribution is -2.61. The number of imidazole rings is 1. The molecule has 2 bridgehead atoms. The van der Waals surface area contributed by atoms with Gasteiger partial charge in [0.05, 0.1) is 11.0 Å². The van der Waals surface area contributed by atoms with Gasteiger partial charge in [0.15, 0.2) is 5.11 Å². The summed E-state index contributed by atoms with van der Waals surface area (Å²) in [5.41, 5.74) is 4.21. The molecule has 1 saturated carbocycles. The maximum Gasteiger partial charge on any atom is 0.171 e. The molecule has 7 rings (SSSR count). The van der Waals surface area contributed by atoms with Gasteiger partial charge in [-0.15, -0.1) is 0 Å². The number of thiocarbonyl (C=S) groups is 1. The van der Waals surface area contributed by atoms with Gasteiger partial charge in [-0.1, -0.05) is 42.5 Å². The molecule has 2 unspecified atom stereocenters. The van der Waals surface area contributed by atoms with Crippen molar-refractivity contribution in [3.8, 4) is 0 Å². The molecule has 3 aromatic rings. The van der Waals surface area contributed by atoms with Crippen molar-refractivity contribution in [3.05, 3.63) is 66.0 Å². The third-order valence-electron chi connectivity index (χ3n) is 9.32. The predicted octanol–water partition coefficient (Wildman–Crippen LogP) is 5.39. The minimum atomic E-state index is 0.250. The Hall–Kier alpha value is -2.44. The van der Waals surface area contributed by atoms with E-state index in [1.807, 2.05) is 0 Å². The van der Waals surface area contributed by atoms with Crippen LogP contribution in [0.25, 0.3) is 11.0 Å². The average molecular weight is 502 g/mol. The Morgan fingerprint density at radius 3 is 2.28 bits per heavy atom. The van der Waals surface area contributed by atoms with Crippen LogP contribution in [0.4, 0.5) is 0 Å². The van der Waals surface area contributed by atoms with E-state index in [0.717, 1.165) is 23.7 Å². The molecular weight excluding hydrogens is 462 g/mol. The molecule has 5 nitrogen and oxygen atoms in total.